The topological polar surface area (TPSA) is 49.4 Å². The highest BCUT2D eigenvalue weighted by atomic mass is 32.2. The molecule has 0 spiro atoms. The summed E-state index contributed by atoms with van der Waals surface area (Å²) in [5.41, 5.74) is 0. The molecule has 1 aliphatic heterocycles. The molecule has 1 rings (SSSR count). The molecule has 1 aliphatic rings. The maximum absolute atomic E-state index is 11.6. The Morgan fingerprint density at radius 1 is 1.16 bits per heavy atom. The average Bonchev–Trinajstić information content (AvgIpc) is 2.49. The number of nitrogens with one attached hydrogen (secondary N) is 1. The minimum atomic E-state index is -2.78. The van der Waals surface area contributed by atoms with Gasteiger partial charge in [0.15, 0.2) is 9.84 Å². The predicted molar refractivity (Wildman–Crippen MR) is 81.2 cm³/mol. The van der Waals surface area contributed by atoms with Crippen molar-refractivity contribution in [3.05, 3.63) is 0 Å². The molecule has 0 aromatic heterocycles. The molecule has 0 radical (unpaired) electrons. The van der Waals surface area contributed by atoms with Crippen LogP contribution in [0.15, 0.2) is 0 Å². The standard InChI is InChI=1S/C14H30N2O2S/c1-13(2)12-15-7-4-6-14(3)16-8-5-10-19(17,18)11-9-16/h13-15H,4-12H2,1-3H3. The summed E-state index contributed by atoms with van der Waals surface area (Å²) in [6.45, 7) is 10.4. The van der Waals surface area contributed by atoms with Gasteiger partial charge in [0.05, 0.1) is 11.5 Å². The van der Waals surface area contributed by atoms with Crippen molar-refractivity contribution in [3.8, 4) is 0 Å². The van der Waals surface area contributed by atoms with Gasteiger partial charge in [0.25, 0.3) is 0 Å². The van der Waals surface area contributed by atoms with Crippen LogP contribution < -0.4 is 5.32 Å². The van der Waals surface area contributed by atoms with Gasteiger partial charge >= 0.3 is 0 Å². The van der Waals surface area contributed by atoms with Crippen molar-refractivity contribution in [2.24, 2.45) is 5.92 Å². The van der Waals surface area contributed by atoms with Gasteiger partial charge in [-0.3, -0.25) is 4.90 Å². The number of hydrogen-bond acceptors (Lipinski definition) is 4. The van der Waals surface area contributed by atoms with Gasteiger partial charge in [-0.15, -0.1) is 0 Å². The lowest BCUT2D eigenvalue weighted by atomic mass is 10.1. The van der Waals surface area contributed by atoms with Crippen molar-refractivity contribution in [2.75, 3.05) is 37.7 Å². The Labute approximate surface area is 118 Å². The van der Waals surface area contributed by atoms with Gasteiger partial charge in [0.2, 0.25) is 0 Å². The van der Waals surface area contributed by atoms with Gasteiger partial charge in [-0.25, -0.2) is 8.42 Å². The second kappa shape index (κ2) is 8.22. The van der Waals surface area contributed by atoms with Crippen LogP contribution in [0.1, 0.15) is 40.0 Å². The first kappa shape index (κ1) is 16.9. The monoisotopic (exact) mass is 290 g/mol. The number of sulfone groups is 1. The minimum absolute atomic E-state index is 0.336. The molecule has 114 valence electrons. The maximum atomic E-state index is 11.6. The number of nitrogens with zero attached hydrogens (tertiary/aromatic N) is 1. The summed E-state index contributed by atoms with van der Waals surface area (Å²) >= 11 is 0. The first-order valence-corrected chi connectivity index (χ1v) is 9.38. The second-order valence-corrected chi connectivity index (χ2v) is 8.43. The molecule has 5 heteroatoms. The molecule has 0 saturated carbocycles. The van der Waals surface area contributed by atoms with E-state index in [1.165, 1.54) is 0 Å². The van der Waals surface area contributed by atoms with Crippen LogP contribution in [0.2, 0.25) is 0 Å². The van der Waals surface area contributed by atoms with E-state index >= 15 is 0 Å². The Kier molecular flexibility index (Phi) is 7.32. The van der Waals surface area contributed by atoms with Crippen molar-refractivity contribution in [1.29, 1.82) is 0 Å². The minimum Gasteiger partial charge on any atom is -0.316 e. The molecule has 0 aliphatic carbocycles. The Morgan fingerprint density at radius 3 is 2.58 bits per heavy atom. The summed E-state index contributed by atoms with van der Waals surface area (Å²) in [5, 5.41) is 3.45. The highest BCUT2D eigenvalue weighted by molar-refractivity contribution is 7.91. The molecule has 0 bridgehead atoms. The Hall–Kier alpha value is -0.130. The molecule has 1 N–H and O–H groups in total. The lowest BCUT2D eigenvalue weighted by molar-refractivity contribution is 0.212. The average molecular weight is 290 g/mol. The third kappa shape index (κ3) is 7.28. The summed E-state index contributed by atoms with van der Waals surface area (Å²) in [6.07, 6.45) is 3.10. The van der Waals surface area contributed by atoms with Crippen LogP contribution >= 0.6 is 0 Å². The zero-order valence-electron chi connectivity index (χ0n) is 12.7. The summed E-state index contributed by atoms with van der Waals surface area (Å²) in [6, 6.07) is 0.495. The molecular formula is C14H30N2O2S. The van der Waals surface area contributed by atoms with E-state index in [0.717, 1.165) is 38.9 Å². The Bertz CT molecular complexity index is 341. The molecule has 0 aromatic rings. The van der Waals surface area contributed by atoms with Crippen LogP contribution in [-0.2, 0) is 9.84 Å². The van der Waals surface area contributed by atoms with Gasteiger partial charge < -0.3 is 5.32 Å². The third-order valence-corrected chi connectivity index (χ3v) is 5.46. The molecule has 1 fully saturated rings. The Morgan fingerprint density at radius 2 is 1.89 bits per heavy atom. The van der Waals surface area contributed by atoms with Gasteiger partial charge in [-0.05, 0) is 51.7 Å². The van der Waals surface area contributed by atoms with Crippen molar-refractivity contribution >= 4 is 9.84 Å². The Balaban J connectivity index is 2.20. The fourth-order valence-electron chi connectivity index (χ4n) is 2.49. The second-order valence-electron chi connectivity index (χ2n) is 6.13. The molecule has 19 heavy (non-hydrogen) atoms. The van der Waals surface area contributed by atoms with Crippen LogP contribution in [0.25, 0.3) is 0 Å². The normalized spacial score (nSPS) is 22.3. The number of rotatable bonds is 7. The first-order valence-electron chi connectivity index (χ1n) is 7.56. The van der Waals surface area contributed by atoms with Gasteiger partial charge in [-0.1, -0.05) is 13.8 Å². The lowest BCUT2D eigenvalue weighted by Crippen LogP contribution is -2.36. The largest absolute Gasteiger partial charge is 0.316 e. The molecular weight excluding hydrogens is 260 g/mol. The van der Waals surface area contributed by atoms with Gasteiger partial charge in [0.1, 0.15) is 0 Å². The van der Waals surface area contributed by atoms with E-state index in [4.69, 9.17) is 0 Å². The van der Waals surface area contributed by atoms with E-state index in [9.17, 15) is 8.42 Å². The van der Waals surface area contributed by atoms with Crippen molar-refractivity contribution in [2.45, 2.75) is 46.1 Å². The SMILES string of the molecule is CC(C)CNCCCC(C)N1CCCS(=O)(=O)CC1. The zero-order valence-corrected chi connectivity index (χ0v) is 13.5. The highest BCUT2D eigenvalue weighted by Crippen LogP contribution is 2.12. The van der Waals surface area contributed by atoms with Crippen molar-refractivity contribution < 1.29 is 8.42 Å². The van der Waals surface area contributed by atoms with Crippen LogP contribution in [0.5, 0.6) is 0 Å². The first-order chi connectivity index (χ1) is 8.91. The number of hydrogen-bond donors (Lipinski definition) is 1. The predicted octanol–water partition coefficient (Wildman–Crippen LogP) is 1.52. The summed E-state index contributed by atoms with van der Waals surface area (Å²) in [4.78, 5) is 2.34. The molecule has 0 amide bonds. The molecule has 4 nitrogen and oxygen atoms in total. The third-order valence-electron chi connectivity index (χ3n) is 3.74. The van der Waals surface area contributed by atoms with E-state index in [1.807, 2.05) is 0 Å². The van der Waals surface area contributed by atoms with Crippen LogP contribution in [0.3, 0.4) is 0 Å². The van der Waals surface area contributed by atoms with E-state index in [1.54, 1.807) is 0 Å². The zero-order chi connectivity index (χ0) is 14.3. The van der Waals surface area contributed by atoms with Gasteiger partial charge in [0, 0.05) is 12.6 Å². The van der Waals surface area contributed by atoms with Crippen molar-refractivity contribution in [1.82, 2.24) is 10.2 Å². The van der Waals surface area contributed by atoms with Crippen LogP contribution in [-0.4, -0.2) is 57.0 Å². The molecule has 0 aromatic carbocycles. The van der Waals surface area contributed by atoms with E-state index in [0.29, 0.717) is 30.0 Å². The van der Waals surface area contributed by atoms with E-state index < -0.39 is 9.84 Å². The molecule has 1 saturated heterocycles. The summed E-state index contributed by atoms with van der Waals surface area (Å²) < 4.78 is 23.1. The molecule has 1 heterocycles. The molecule has 1 unspecified atom stereocenters. The smallest absolute Gasteiger partial charge is 0.151 e. The maximum Gasteiger partial charge on any atom is 0.151 e. The highest BCUT2D eigenvalue weighted by Gasteiger charge is 2.21. The fraction of sp³-hybridized carbons (Fsp3) is 1.00. The summed E-state index contributed by atoms with van der Waals surface area (Å²) in [5.74, 6) is 1.41. The van der Waals surface area contributed by atoms with Gasteiger partial charge in [-0.2, -0.15) is 0 Å². The van der Waals surface area contributed by atoms with E-state index in [2.05, 4.69) is 31.0 Å². The van der Waals surface area contributed by atoms with Crippen LogP contribution in [0, 0.1) is 5.92 Å². The quantitative estimate of drug-likeness (QED) is 0.722. The van der Waals surface area contributed by atoms with E-state index in [-0.39, 0.29) is 0 Å². The van der Waals surface area contributed by atoms with Crippen molar-refractivity contribution in [3.63, 3.8) is 0 Å². The molecule has 1 atom stereocenters. The lowest BCUT2D eigenvalue weighted by Gasteiger charge is -2.27. The van der Waals surface area contributed by atoms with Crippen LogP contribution in [0.4, 0.5) is 0 Å². The summed E-state index contributed by atoms with van der Waals surface area (Å²) in [7, 11) is -2.78. The fourth-order valence-corrected chi connectivity index (χ4v) is 3.78.